The molecule has 1 aromatic carbocycles. The molecule has 0 aliphatic rings. The van der Waals surface area contributed by atoms with Crippen LogP contribution in [0.3, 0.4) is 0 Å². The Bertz CT molecular complexity index is 675. The first kappa shape index (κ1) is 14.7. The lowest BCUT2D eigenvalue weighted by Crippen LogP contribution is -2.21. The third-order valence-corrected chi connectivity index (χ3v) is 3.79. The zero-order valence-electron chi connectivity index (χ0n) is 11.6. The first-order chi connectivity index (χ1) is 9.36. The van der Waals surface area contributed by atoms with E-state index in [0.29, 0.717) is 29.9 Å². The monoisotopic (exact) mass is 295 g/mol. The van der Waals surface area contributed by atoms with Gasteiger partial charge in [-0.05, 0) is 24.3 Å². The van der Waals surface area contributed by atoms with Crippen LogP contribution in [0.2, 0.25) is 0 Å². The molecule has 2 aromatic rings. The molecule has 2 rings (SSSR count). The minimum absolute atomic E-state index is 0.266. The van der Waals surface area contributed by atoms with Crippen molar-refractivity contribution in [3.8, 4) is 11.5 Å². The van der Waals surface area contributed by atoms with E-state index in [0.717, 1.165) is 0 Å². The van der Waals surface area contributed by atoms with Crippen molar-refractivity contribution in [2.24, 2.45) is 0 Å². The van der Waals surface area contributed by atoms with E-state index in [1.54, 1.807) is 12.1 Å². The smallest absolute Gasteiger partial charge is 0.247 e. The lowest BCUT2D eigenvalue weighted by molar-refractivity contribution is 0.459. The number of hydrogen-bond acceptors (Lipinski definition) is 6. The maximum Gasteiger partial charge on any atom is 0.247 e. The summed E-state index contributed by atoms with van der Waals surface area (Å²) in [5, 5.41) is 11.1. The van der Waals surface area contributed by atoms with Gasteiger partial charge in [0.25, 0.3) is 0 Å². The second kappa shape index (κ2) is 5.72. The lowest BCUT2D eigenvalue weighted by atomic mass is 10.2. The summed E-state index contributed by atoms with van der Waals surface area (Å²) >= 11 is 0. The summed E-state index contributed by atoms with van der Waals surface area (Å²) in [5.74, 6) is 0.881. The van der Waals surface area contributed by atoms with Crippen LogP contribution < -0.4 is 5.32 Å². The molecule has 1 aromatic heterocycles. The topological polar surface area (TPSA) is 85.1 Å². The van der Waals surface area contributed by atoms with Crippen molar-refractivity contribution in [1.29, 1.82) is 0 Å². The Morgan fingerprint density at radius 1 is 1.20 bits per heavy atom. The first-order valence-electron chi connectivity index (χ1n) is 6.22. The number of sulfone groups is 1. The van der Waals surface area contributed by atoms with Crippen LogP contribution in [0.1, 0.15) is 19.7 Å². The van der Waals surface area contributed by atoms with E-state index in [2.05, 4.69) is 15.5 Å². The zero-order chi connectivity index (χ0) is 14.8. The standard InChI is InChI=1S/C13H17N3O3S/c1-9(2)14-8-12-15-16-13(19-12)10-4-6-11(7-5-10)20(3,17)18/h4-7,9,14H,8H2,1-3H3. The molecular formula is C13H17N3O3S. The van der Waals surface area contributed by atoms with E-state index >= 15 is 0 Å². The summed E-state index contributed by atoms with van der Waals surface area (Å²) in [4.78, 5) is 0.266. The Labute approximate surface area is 118 Å². The van der Waals surface area contributed by atoms with E-state index in [9.17, 15) is 8.42 Å². The fourth-order valence-electron chi connectivity index (χ4n) is 1.58. The number of benzene rings is 1. The van der Waals surface area contributed by atoms with Gasteiger partial charge in [0, 0.05) is 17.9 Å². The van der Waals surface area contributed by atoms with E-state index < -0.39 is 9.84 Å². The van der Waals surface area contributed by atoms with Crippen molar-refractivity contribution in [3.05, 3.63) is 30.2 Å². The van der Waals surface area contributed by atoms with Crippen LogP contribution in [0.25, 0.3) is 11.5 Å². The number of aromatic nitrogens is 2. The highest BCUT2D eigenvalue weighted by Gasteiger charge is 2.11. The molecule has 0 aliphatic heterocycles. The number of nitrogens with one attached hydrogen (secondary N) is 1. The van der Waals surface area contributed by atoms with Gasteiger partial charge in [0.05, 0.1) is 11.4 Å². The summed E-state index contributed by atoms with van der Waals surface area (Å²) in [5.41, 5.74) is 0.695. The molecule has 1 N–H and O–H groups in total. The van der Waals surface area contributed by atoms with Crippen molar-refractivity contribution in [2.45, 2.75) is 31.3 Å². The average Bonchev–Trinajstić information content (AvgIpc) is 2.84. The summed E-state index contributed by atoms with van der Waals surface area (Å²) in [7, 11) is -3.19. The van der Waals surface area contributed by atoms with Gasteiger partial charge in [0.15, 0.2) is 9.84 Å². The molecule has 0 radical (unpaired) electrons. The van der Waals surface area contributed by atoms with Gasteiger partial charge in [-0.3, -0.25) is 0 Å². The highest BCUT2D eigenvalue weighted by atomic mass is 32.2. The van der Waals surface area contributed by atoms with E-state index in [1.807, 2.05) is 13.8 Å². The van der Waals surface area contributed by atoms with Crippen molar-refractivity contribution in [1.82, 2.24) is 15.5 Å². The Morgan fingerprint density at radius 3 is 2.40 bits per heavy atom. The Balaban J connectivity index is 2.16. The Hall–Kier alpha value is -1.73. The predicted molar refractivity (Wildman–Crippen MR) is 74.8 cm³/mol. The van der Waals surface area contributed by atoms with Gasteiger partial charge in [-0.25, -0.2) is 8.42 Å². The molecule has 0 atom stereocenters. The fraction of sp³-hybridized carbons (Fsp3) is 0.385. The normalized spacial score (nSPS) is 12.0. The molecule has 0 bridgehead atoms. The molecule has 0 spiro atoms. The SMILES string of the molecule is CC(C)NCc1nnc(-c2ccc(S(C)(=O)=O)cc2)o1. The maximum absolute atomic E-state index is 11.4. The average molecular weight is 295 g/mol. The molecular weight excluding hydrogens is 278 g/mol. The van der Waals surface area contributed by atoms with Gasteiger partial charge in [-0.1, -0.05) is 13.8 Å². The molecule has 0 amide bonds. The predicted octanol–water partition coefficient (Wildman–Crippen LogP) is 1.64. The molecule has 0 saturated heterocycles. The van der Waals surface area contributed by atoms with Crippen LogP contribution in [0.4, 0.5) is 0 Å². The molecule has 0 fully saturated rings. The van der Waals surface area contributed by atoms with Crippen molar-refractivity contribution in [2.75, 3.05) is 6.26 Å². The highest BCUT2D eigenvalue weighted by molar-refractivity contribution is 7.90. The van der Waals surface area contributed by atoms with Gasteiger partial charge in [-0.15, -0.1) is 10.2 Å². The molecule has 0 saturated carbocycles. The molecule has 1 heterocycles. The second-order valence-electron chi connectivity index (χ2n) is 4.83. The lowest BCUT2D eigenvalue weighted by Gasteiger charge is -2.03. The molecule has 20 heavy (non-hydrogen) atoms. The van der Waals surface area contributed by atoms with Crippen LogP contribution in [0.15, 0.2) is 33.6 Å². The minimum Gasteiger partial charge on any atom is -0.419 e. The van der Waals surface area contributed by atoms with Crippen LogP contribution in [0.5, 0.6) is 0 Å². The van der Waals surface area contributed by atoms with Gasteiger partial charge in [0.2, 0.25) is 11.8 Å². The van der Waals surface area contributed by atoms with Crippen molar-refractivity contribution >= 4 is 9.84 Å². The summed E-state index contributed by atoms with van der Waals surface area (Å²) in [6.07, 6.45) is 1.17. The zero-order valence-corrected chi connectivity index (χ0v) is 12.4. The first-order valence-corrected chi connectivity index (χ1v) is 8.11. The number of rotatable bonds is 5. The van der Waals surface area contributed by atoms with Crippen molar-refractivity contribution < 1.29 is 12.8 Å². The van der Waals surface area contributed by atoms with Crippen molar-refractivity contribution in [3.63, 3.8) is 0 Å². The summed E-state index contributed by atoms with van der Waals surface area (Å²) in [6, 6.07) is 6.70. The van der Waals surface area contributed by atoms with Crippen LogP contribution in [0, 0.1) is 0 Å². The number of hydrogen-bond donors (Lipinski definition) is 1. The summed E-state index contributed by atoms with van der Waals surface area (Å²) in [6.45, 7) is 4.56. The Kier molecular flexibility index (Phi) is 4.20. The molecule has 0 unspecified atom stereocenters. The third-order valence-electron chi connectivity index (χ3n) is 2.66. The van der Waals surface area contributed by atoms with Crippen LogP contribution in [-0.4, -0.2) is 30.9 Å². The molecule has 7 heteroatoms. The quantitative estimate of drug-likeness (QED) is 0.902. The van der Waals surface area contributed by atoms with E-state index in [4.69, 9.17) is 4.42 Å². The summed E-state index contributed by atoms with van der Waals surface area (Å²) < 4.78 is 28.3. The Morgan fingerprint density at radius 2 is 1.85 bits per heavy atom. The fourth-order valence-corrected chi connectivity index (χ4v) is 2.21. The number of nitrogens with zero attached hydrogens (tertiary/aromatic N) is 2. The maximum atomic E-state index is 11.4. The van der Waals surface area contributed by atoms with E-state index in [1.165, 1.54) is 18.4 Å². The van der Waals surface area contributed by atoms with E-state index in [-0.39, 0.29) is 4.90 Å². The molecule has 6 nitrogen and oxygen atoms in total. The molecule has 0 aliphatic carbocycles. The van der Waals surface area contributed by atoms with Gasteiger partial charge < -0.3 is 9.73 Å². The minimum atomic E-state index is -3.19. The largest absolute Gasteiger partial charge is 0.419 e. The van der Waals surface area contributed by atoms with Crippen LogP contribution in [-0.2, 0) is 16.4 Å². The van der Waals surface area contributed by atoms with Gasteiger partial charge in [-0.2, -0.15) is 0 Å². The van der Waals surface area contributed by atoms with Crippen LogP contribution >= 0.6 is 0 Å². The highest BCUT2D eigenvalue weighted by Crippen LogP contribution is 2.20. The molecule has 108 valence electrons. The second-order valence-corrected chi connectivity index (χ2v) is 6.85. The van der Waals surface area contributed by atoms with Gasteiger partial charge in [0.1, 0.15) is 0 Å². The van der Waals surface area contributed by atoms with Gasteiger partial charge >= 0.3 is 0 Å². The third kappa shape index (κ3) is 3.64.